The number of allylic oxidation sites excluding steroid dienone is 1. The van der Waals surface area contributed by atoms with Crippen LogP contribution in [0.2, 0.25) is 0 Å². The van der Waals surface area contributed by atoms with Gasteiger partial charge in [0, 0.05) is 5.69 Å². The molecule has 0 N–H and O–H groups in total. The van der Waals surface area contributed by atoms with E-state index in [1.165, 1.54) is 5.57 Å². The van der Waals surface area contributed by atoms with Gasteiger partial charge >= 0.3 is 6.09 Å². The third kappa shape index (κ3) is 1.92. The van der Waals surface area contributed by atoms with Gasteiger partial charge in [-0.25, -0.2) is 4.79 Å². The summed E-state index contributed by atoms with van der Waals surface area (Å²) in [6, 6.07) is 9.82. The average molecular weight is 271 g/mol. The fourth-order valence-electron chi connectivity index (χ4n) is 3.50. The molecule has 3 rings (SSSR count). The third-order valence-electron chi connectivity index (χ3n) is 4.84. The SMILES string of the molecule is C=C(C)[C@H]1CC[C@@]2(C)C(C1)OC(=O)N2c1ccccc1. The summed E-state index contributed by atoms with van der Waals surface area (Å²) in [4.78, 5) is 14.1. The second-order valence-electron chi connectivity index (χ2n) is 6.22. The van der Waals surface area contributed by atoms with Crippen LogP contribution in [0.15, 0.2) is 42.5 Å². The number of amides is 1. The summed E-state index contributed by atoms with van der Waals surface area (Å²) in [5.74, 6) is 0.469. The summed E-state index contributed by atoms with van der Waals surface area (Å²) in [6.45, 7) is 8.27. The number of benzene rings is 1. The van der Waals surface area contributed by atoms with Crippen LogP contribution >= 0.6 is 0 Å². The Morgan fingerprint density at radius 2 is 2.10 bits per heavy atom. The largest absolute Gasteiger partial charge is 0.443 e. The summed E-state index contributed by atoms with van der Waals surface area (Å²) >= 11 is 0. The van der Waals surface area contributed by atoms with Crippen molar-refractivity contribution in [1.29, 1.82) is 0 Å². The molecule has 1 aliphatic carbocycles. The molecule has 1 amide bonds. The van der Waals surface area contributed by atoms with Crippen molar-refractivity contribution in [3.8, 4) is 0 Å². The number of para-hydroxylation sites is 1. The lowest BCUT2D eigenvalue weighted by Gasteiger charge is -2.41. The zero-order valence-electron chi connectivity index (χ0n) is 12.1. The smallest absolute Gasteiger partial charge is 0.415 e. The number of fused-ring (bicyclic) bond motifs is 1. The molecule has 1 unspecified atom stereocenters. The zero-order valence-corrected chi connectivity index (χ0v) is 12.1. The number of ether oxygens (including phenoxy) is 1. The number of hydrogen-bond acceptors (Lipinski definition) is 2. The van der Waals surface area contributed by atoms with Gasteiger partial charge in [0.25, 0.3) is 0 Å². The van der Waals surface area contributed by atoms with Gasteiger partial charge in [0.15, 0.2) is 0 Å². The highest BCUT2D eigenvalue weighted by molar-refractivity contribution is 5.92. The van der Waals surface area contributed by atoms with E-state index in [2.05, 4.69) is 20.4 Å². The van der Waals surface area contributed by atoms with Crippen LogP contribution in [-0.2, 0) is 4.74 Å². The molecule has 1 aromatic carbocycles. The molecule has 1 saturated carbocycles. The van der Waals surface area contributed by atoms with E-state index >= 15 is 0 Å². The standard InChI is InChI=1S/C17H21NO2/c1-12(2)13-9-10-17(3)15(11-13)20-16(19)18(17)14-7-5-4-6-8-14/h4-8,13,15H,1,9-11H2,2-3H3/t13-,15?,17-/m0/s1. The number of rotatable bonds is 2. The lowest BCUT2D eigenvalue weighted by molar-refractivity contribution is 0.0715. The molecule has 106 valence electrons. The van der Waals surface area contributed by atoms with Crippen LogP contribution in [0.1, 0.15) is 33.1 Å². The van der Waals surface area contributed by atoms with Crippen LogP contribution in [0.25, 0.3) is 0 Å². The van der Waals surface area contributed by atoms with E-state index in [-0.39, 0.29) is 17.7 Å². The van der Waals surface area contributed by atoms with Crippen LogP contribution in [0.4, 0.5) is 10.5 Å². The number of carbonyl (C=O) groups is 1. The number of hydrogen-bond donors (Lipinski definition) is 0. The van der Waals surface area contributed by atoms with Gasteiger partial charge in [-0.1, -0.05) is 30.4 Å². The minimum absolute atomic E-state index is 0.0364. The fourth-order valence-corrected chi connectivity index (χ4v) is 3.50. The Bertz CT molecular complexity index is 539. The summed E-state index contributed by atoms with van der Waals surface area (Å²) < 4.78 is 5.66. The van der Waals surface area contributed by atoms with Gasteiger partial charge in [0.05, 0.1) is 5.54 Å². The zero-order chi connectivity index (χ0) is 14.3. The van der Waals surface area contributed by atoms with Gasteiger partial charge in [-0.05, 0) is 51.2 Å². The average Bonchev–Trinajstić information content (AvgIpc) is 2.68. The molecule has 2 aliphatic rings. The van der Waals surface area contributed by atoms with Crippen LogP contribution in [0.5, 0.6) is 0 Å². The van der Waals surface area contributed by atoms with Crippen molar-refractivity contribution < 1.29 is 9.53 Å². The number of nitrogens with zero attached hydrogens (tertiary/aromatic N) is 1. The first-order valence-corrected chi connectivity index (χ1v) is 7.23. The molecule has 0 bridgehead atoms. The number of carbonyl (C=O) groups excluding carboxylic acids is 1. The van der Waals surface area contributed by atoms with Crippen molar-refractivity contribution in [2.24, 2.45) is 5.92 Å². The quantitative estimate of drug-likeness (QED) is 0.756. The van der Waals surface area contributed by atoms with Crippen LogP contribution in [-0.4, -0.2) is 17.7 Å². The second kappa shape index (κ2) is 4.65. The highest BCUT2D eigenvalue weighted by Gasteiger charge is 2.54. The first-order chi connectivity index (χ1) is 9.52. The molecule has 20 heavy (non-hydrogen) atoms. The van der Waals surface area contributed by atoms with E-state index in [1.807, 2.05) is 35.2 Å². The highest BCUT2D eigenvalue weighted by Crippen LogP contribution is 2.46. The molecule has 1 aromatic rings. The molecule has 0 aromatic heterocycles. The molecule has 3 heteroatoms. The molecule has 3 nitrogen and oxygen atoms in total. The van der Waals surface area contributed by atoms with E-state index in [0.29, 0.717) is 5.92 Å². The van der Waals surface area contributed by atoms with Crippen LogP contribution in [0.3, 0.4) is 0 Å². The molecule has 2 fully saturated rings. The van der Waals surface area contributed by atoms with E-state index in [1.54, 1.807) is 0 Å². The normalized spacial score (nSPS) is 32.7. The van der Waals surface area contributed by atoms with E-state index in [0.717, 1.165) is 24.9 Å². The summed E-state index contributed by atoms with van der Waals surface area (Å²) in [5.41, 5.74) is 1.89. The Balaban J connectivity index is 1.92. The second-order valence-corrected chi connectivity index (χ2v) is 6.22. The Kier molecular flexibility index (Phi) is 3.08. The molecule has 0 radical (unpaired) electrons. The van der Waals surface area contributed by atoms with E-state index in [9.17, 15) is 4.79 Å². The van der Waals surface area contributed by atoms with Gasteiger partial charge in [0.1, 0.15) is 6.10 Å². The molecule has 1 heterocycles. The van der Waals surface area contributed by atoms with E-state index in [4.69, 9.17) is 4.74 Å². The third-order valence-corrected chi connectivity index (χ3v) is 4.84. The van der Waals surface area contributed by atoms with Gasteiger partial charge in [-0.3, -0.25) is 4.90 Å². The lowest BCUT2D eigenvalue weighted by atomic mass is 9.73. The van der Waals surface area contributed by atoms with Crippen LogP contribution in [0, 0.1) is 5.92 Å². The maximum absolute atomic E-state index is 12.3. The summed E-state index contributed by atoms with van der Waals surface area (Å²) in [7, 11) is 0. The van der Waals surface area contributed by atoms with Gasteiger partial charge < -0.3 is 4.74 Å². The minimum Gasteiger partial charge on any atom is -0.443 e. The molecule has 1 aliphatic heterocycles. The van der Waals surface area contributed by atoms with Crippen LogP contribution < -0.4 is 4.90 Å². The van der Waals surface area contributed by atoms with Crippen molar-refractivity contribution in [2.75, 3.05) is 4.90 Å². The van der Waals surface area contributed by atoms with Crippen molar-refractivity contribution >= 4 is 11.8 Å². The Morgan fingerprint density at radius 3 is 2.75 bits per heavy atom. The topological polar surface area (TPSA) is 29.5 Å². The predicted molar refractivity (Wildman–Crippen MR) is 79.8 cm³/mol. The van der Waals surface area contributed by atoms with Crippen molar-refractivity contribution in [3.05, 3.63) is 42.5 Å². The first-order valence-electron chi connectivity index (χ1n) is 7.23. The monoisotopic (exact) mass is 271 g/mol. The van der Waals surface area contributed by atoms with Crippen molar-refractivity contribution in [2.45, 2.75) is 44.8 Å². The minimum atomic E-state index is -0.232. The van der Waals surface area contributed by atoms with Crippen molar-refractivity contribution in [3.63, 3.8) is 0 Å². The summed E-state index contributed by atoms with van der Waals surface area (Å²) in [6.07, 6.45) is 2.66. The molecule has 0 spiro atoms. The number of anilines is 1. The highest BCUT2D eigenvalue weighted by atomic mass is 16.6. The van der Waals surface area contributed by atoms with Gasteiger partial charge in [0.2, 0.25) is 0 Å². The van der Waals surface area contributed by atoms with E-state index < -0.39 is 0 Å². The molecular weight excluding hydrogens is 250 g/mol. The predicted octanol–water partition coefficient (Wildman–Crippen LogP) is 4.15. The van der Waals surface area contributed by atoms with Gasteiger partial charge in [-0.15, -0.1) is 0 Å². The maximum atomic E-state index is 12.3. The van der Waals surface area contributed by atoms with Crippen molar-refractivity contribution in [1.82, 2.24) is 0 Å². The lowest BCUT2D eigenvalue weighted by Crippen LogP contribution is -2.52. The molecule has 1 saturated heterocycles. The molecular formula is C17H21NO2. The molecule has 3 atom stereocenters. The maximum Gasteiger partial charge on any atom is 0.415 e. The summed E-state index contributed by atoms with van der Waals surface area (Å²) in [5, 5.41) is 0. The Labute approximate surface area is 120 Å². The fraction of sp³-hybridized carbons (Fsp3) is 0.471. The Morgan fingerprint density at radius 1 is 1.40 bits per heavy atom. The van der Waals surface area contributed by atoms with Gasteiger partial charge in [-0.2, -0.15) is 0 Å². The Hall–Kier alpha value is -1.77. The first kappa shape index (κ1) is 13.2.